The first kappa shape index (κ1) is 18.0. The van der Waals surface area contributed by atoms with Crippen LogP contribution in [0.2, 0.25) is 0 Å². The van der Waals surface area contributed by atoms with E-state index < -0.39 is 0 Å². The van der Waals surface area contributed by atoms with E-state index in [0.29, 0.717) is 24.5 Å². The zero-order chi connectivity index (χ0) is 17.8. The molecular weight excluding hydrogens is 431 g/mol. The Morgan fingerprint density at radius 1 is 1.04 bits per heavy atom. The monoisotopic (exact) mass is 452 g/mol. The highest BCUT2D eigenvalue weighted by molar-refractivity contribution is 14.1. The van der Waals surface area contributed by atoms with Gasteiger partial charge in [-0.2, -0.15) is 0 Å². The van der Waals surface area contributed by atoms with Gasteiger partial charge in [0.05, 0.1) is 26.7 Å². The number of halogens is 1. The second kappa shape index (κ2) is 8.08. The highest BCUT2D eigenvalue weighted by Gasteiger charge is 2.36. The molecule has 4 nitrogen and oxygen atoms in total. The largest absolute Gasteiger partial charge is 0.493 e. The first-order valence-electron chi connectivity index (χ1n) is 8.22. The molecule has 2 atom stereocenters. The molecule has 1 fully saturated rings. The maximum atomic E-state index is 12.2. The number of methoxy groups -OCH3 is 2. The fraction of sp³-hybridized carbons (Fsp3) is 0.350. The third-order valence-corrected chi connectivity index (χ3v) is 5.27. The summed E-state index contributed by atoms with van der Waals surface area (Å²) in [6, 6.07) is 14.2. The van der Waals surface area contributed by atoms with Crippen molar-refractivity contribution in [3.63, 3.8) is 0 Å². The van der Waals surface area contributed by atoms with Gasteiger partial charge in [0.15, 0.2) is 11.5 Å². The highest BCUT2D eigenvalue weighted by Crippen LogP contribution is 2.33. The Morgan fingerprint density at radius 2 is 1.80 bits per heavy atom. The van der Waals surface area contributed by atoms with E-state index in [9.17, 15) is 4.79 Å². The van der Waals surface area contributed by atoms with E-state index in [1.54, 1.807) is 14.2 Å². The van der Waals surface area contributed by atoms with Gasteiger partial charge in [0, 0.05) is 9.49 Å². The van der Waals surface area contributed by atoms with E-state index in [1.807, 2.05) is 24.3 Å². The minimum Gasteiger partial charge on any atom is -0.493 e. The summed E-state index contributed by atoms with van der Waals surface area (Å²) in [4.78, 5) is 12.2. The van der Waals surface area contributed by atoms with Gasteiger partial charge in [-0.15, -0.1) is 0 Å². The minimum absolute atomic E-state index is 0.0932. The van der Waals surface area contributed by atoms with Crippen molar-refractivity contribution < 1.29 is 19.0 Å². The van der Waals surface area contributed by atoms with Gasteiger partial charge < -0.3 is 14.2 Å². The van der Waals surface area contributed by atoms with Crippen molar-refractivity contribution >= 4 is 28.6 Å². The normalized spacial score (nSPS) is 19.6. The van der Waals surface area contributed by atoms with Gasteiger partial charge in [-0.05, 0) is 70.8 Å². The Balaban J connectivity index is 1.75. The molecule has 25 heavy (non-hydrogen) atoms. The zero-order valence-electron chi connectivity index (χ0n) is 14.3. The maximum absolute atomic E-state index is 12.2. The summed E-state index contributed by atoms with van der Waals surface area (Å²) in [5.41, 5.74) is 2.29. The maximum Gasteiger partial charge on any atom is 0.309 e. The Hall–Kier alpha value is -1.76. The van der Waals surface area contributed by atoms with E-state index in [4.69, 9.17) is 14.2 Å². The van der Waals surface area contributed by atoms with Crippen LogP contribution in [0.1, 0.15) is 11.1 Å². The summed E-state index contributed by atoms with van der Waals surface area (Å²) < 4.78 is 17.2. The van der Waals surface area contributed by atoms with Gasteiger partial charge in [0.2, 0.25) is 0 Å². The Bertz CT molecular complexity index is 759. The molecule has 5 heteroatoms. The lowest BCUT2D eigenvalue weighted by atomic mass is 9.85. The quantitative estimate of drug-likeness (QED) is 0.493. The molecule has 0 spiro atoms. The number of cyclic esters (lactones) is 1. The van der Waals surface area contributed by atoms with Crippen molar-refractivity contribution in [3.05, 3.63) is 57.2 Å². The predicted molar refractivity (Wildman–Crippen MR) is 104 cm³/mol. The second-order valence-corrected chi connectivity index (χ2v) is 7.47. The number of carbonyl (C=O) groups excluding carboxylic acids is 1. The molecule has 0 saturated carbocycles. The SMILES string of the molecule is COc1ccc(C[C@H]2COC(=O)[C@@H]2Cc2cccc(I)c2)cc1OC. The number of benzene rings is 2. The van der Waals surface area contributed by atoms with Crippen LogP contribution in [0.25, 0.3) is 0 Å². The van der Waals surface area contributed by atoms with E-state index in [-0.39, 0.29) is 17.8 Å². The van der Waals surface area contributed by atoms with Gasteiger partial charge in [-0.1, -0.05) is 18.2 Å². The Labute approximate surface area is 161 Å². The Morgan fingerprint density at radius 3 is 2.52 bits per heavy atom. The van der Waals surface area contributed by atoms with Crippen LogP contribution in [0, 0.1) is 15.4 Å². The first-order chi connectivity index (χ1) is 12.1. The van der Waals surface area contributed by atoms with Crippen LogP contribution in [0.3, 0.4) is 0 Å². The van der Waals surface area contributed by atoms with Crippen LogP contribution in [0.15, 0.2) is 42.5 Å². The average molecular weight is 452 g/mol. The lowest BCUT2D eigenvalue weighted by molar-refractivity contribution is -0.141. The molecule has 0 aromatic heterocycles. The topological polar surface area (TPSA) is 44.8 Å². The van der Waals surface area contributed by atoms with Gasteiger partial charge in [0.1, 0.15) is 0 Å². The molecule has 0 radical (unpaired) electrons. The number of rotatable bonds is 6. The van der Waals surface area contributed by atoms with Crippen molar-refractivity contribution in [2.24, 2.45) is 11.8 Å². The molecule has 2 aromatic carbocycles. The average Bonchev–Trinajstić information content (AvgIpc) is 2.95. The summed E-state index contributed by atoms with van der Waals surface area (Å²) in [6.45, 7) is 0.474. The Kier molecular flexibility index (Phi) is 5.83. The van der Waals surface area contributed by atoms with Crippen molar-refractivity contribution in [1.29, 1.82) is 0 Å². The van der Waals surface area contributed by atoms with Crippen LogP contribution in [0.5, 0.6) is 11.5 Å². The molecule has 132 valence electrons. The van der Waals surface area contributed by atoms with Crippen molar-refractivity contribution in [1.82, 2.24) is 0 Å². The van der Waals surface area contributed by atoms with E-state index in [0.717, 1.165) is 12.0 Å². The lowest BCUT2D eigenvalue weighted by Crippen LogP contribution is -2.20. The zero-order valence-corrected chi connectivity index (χ0v) is 16.5. The fourth-order valence-corrected chi connectivity index (χ4v) is 3.89. The number of carbonyl (C=O) groups is 1. The van der Waals surface area contributed by atoms with Crippen molar-refractivity contribution in [2.75, 3.05) is 20.8 Å². The number of esters is 1. The van der Waals surface area contributed by atoms with Gasteiger partial charge in [-0.3, -0.25) is 4.79 Å². The van der Waals surface area contributed by atoms with E-state index in [1.165, 1.54) is 9.13 Å². The summed E-state index contributed by atoms with van der Waals surface area (Å²) in [6.07, 6.45) is 1.49. The highest BCUT2D eigenvalue weighted by atomic mass is 127. The van der Waals surface area contributed by atoms with Crippen LogP contribution in [0.4, 0.5) is 0 Å². The van der Waals surface area contributed by atoms with Crippen LogP contribution < -0.4 is 9.47 Å². The van der Waals surface area contributed by atoms with Gasteiger partial charge >= 0.3 is 5.97 Å². The van der Waals surface area contributed by atoms with E-state index in [2.05, 4.69) is 40.8 Å². The van der Waals surface area contributed by atoms with Crippen LogP contribution >= 0.6 is 22.6 Å². The smallest absolute Gasteiger partial charge is 0.309 e. The number of ether oxygens (including phenoxy) is 3. The molecule has 1 aliphatic heterocycles. The molecule has 1 aliphatic rings. The molecule has 0 amide bonds. The first-order valence-corrected chi connectivity index (χ1v) is 9.30. The third kappa shape index (κ3) is 4.26. The fourth-order valence-electron chi connectivity index (χ4n) is 3.28. The molecule has 0 aliphatic carbocycles. The summed E-state index contributed by atoms with van der Waals surface area (Å²) >= 11 is 2.29. The lowest BCUT2D eigenvalue weighted by Gasteiger charge is -2.16. The molecule has 3 rings (SSSR count). The number of hydrogen-bond donors (Lipinski definition) is 0. The number of hydrogen-bond acceptors (Lipinski definition) is 4. The molecular formula is C20H21IO4. The molecule has 0 N–H and O–H groups in total. The standard InChI is InChI=1S/C20H21IO4/c1-23-18-7-6-14(11-19(18)24-2)8-15-12-25-20(22)17(15)10-13-4-3-5-16(21)9-13/h3-7,9,11,15,17H,8,10,12H2,1-2H3/t15-,17+/m0/s1. The van der Waals surface area contributed by atoms with Crippen molar-refractivity contribution in [3.8, 4) is 11.5 Å². The molecule has 0 unspecified atom stereocenters. The van der Waals surface area contributed by atoms with Gasteiger partial charge in [-0.25, -0.2) is 0 Å². The van der Waals surface area contributed by atoms with E-state index >= 15 is 0 Å². The summed E-state index contributed by atoms with van der Waals surface area (Å²) in [5.74, 6) is 1.39. The molecule has 0 bridgehead atoms. The van der Waals surface area contributed by atoms with Crippen molar-refractivity contribution in [2.45, 2.75) is 12.8 Å². The second-order valence-electron chi connectivity index (χ2n) is 6.22. The summed E-state index contributed by atoms with van der Waals surface area (Å²) in [7, 11) is 3.25. The minimum atomic E-state index is -0.105. The van der Waals surface area contributed by atoms with Gasteiger partial charge in [0.25, 0.3) is 0 Å². The molecule has 1 saturated heterocycles. The predicted octanol–water partition coefficient (Wildman–Crippen LogP) is 3.88. The third-order valence-electron chi connectivity index (χ3n) is 4.60. The summed E-state index contributed by atoms with van der Waals surface area (Å²) in [5, 5.41) is 0. The molecule has 2 aromatic rings. The van der Waals surface area contributed by atoms with Crippen LogP contribution in [-0.2, 0) is 22.4 Å². The molecule has 1 heterocycles. The van der Waals surface area contributed by atoms with Crippen LogP contribution in [-0.4, -0.2) is 26.8 Å².